The largest absolute Gasteiger partial charge is 0.378 e. The molecule has 2 atom stereocenters. The molecule has 10 nitrogen and oxygen atoms in total. The van der Waals surface area contributed by atoms with E-state index in [1.54, 1.807) is 18.2 Å². The van der Waals surface area contributed by atoms with Gasteiger partial charge in [0.05, 0.1) is 23.2 Å². The highest BCUT2D eigenvalue weighted by atomic mass is 16.2. The molecular formula is C30H32N6O4. The van der Waals surface area contributed by atoms with Crippen molar-refractivity contribution in [2.45, 2.75) is 57.2 Å². The van der Waals surface area contributed by atoms with Crippen LogP contribution in [-0.4, -0.2) is 57.4 Å². The van der Waals surface area contributed by atoms with E-state index >= 15 is 0 Å². The van der Waals surface area contributed by atoms with Gasteiger partial charge in [-0.15, -0.1) is 0 Å². The highest BCUT2D eigenvalue weighted by Crippen LogP contribution is 2.35. The highest BCUT2D eigenvalue weighted by molar-refractivity contribution is 6.25. The number of imide groups is 2. The van der Waals surface area contributed by atoms with E-state index in [1.165, 1.54) is 5.69 Å². The number of rotatable bonds is 7. The van der Waals surface area contributed by atoms with Gasteiger partial charge >= 0.3 is 0 Å². The van der Waals surface area contributed by atoms with Gasteiger partial charge in [0.1, 0.15) is 6.04 Å². The van der Waals surface area contributed by atoms with Crippen LogP contribution < -0.4 is 15.5 Å². The van der Waals surface area contributed by atoms with E-state index in [0.717, 1.165) is 42.8 Å². The number of nitrogens with zero attached hydrogens (tertiary/aromatic N) is 4. The topological polar surface area (TPSA) is 117 Å². The first kappa shape index (κ1) is 25.8. The third kappa shape index (κ3) is 4.63. The zero-order valence-corrected chi connectivity index (χ0v) is 22.4. The number of carbonyl (C=O) groups is 4. The van der Waals surface area contributed by atoms with Crippen molar-refractivity contribution in [2.75, 3.05) is 23.3 Å². The summed E-state index contributed by atoms with van der Waals surface area (Å²) in [5.41, 5.74) is 3.35. The molecule has 0 spiro atoms. The van der Waals surface area contributed by atoms with Crippen molar-refractivity contribution in [1.29, 1.82) is 0 Å². The second kappa shape index (κ2) is 10.6. The molecule has 10 heteroatoms. The Hall–Kier alpha value is -4.47. The van der Waals surface area contributed by atoms with Crippen LogP contribution in [-0.2, 0) is 9.59 Å². The normalized spacial score (nSPS) is 20.5. The van der Waals surface area contributed by atoms with E-state index in [4.69, 9.17) is 0 Å². The van der Waals surface area contributed by atoms with Gasteiger partial charge in [-0.2, -0.15) is 5.10 Å². The number of aromatic nitrogens is 2. The molecule has 2 N–H and O–H groups in total. The molecule has 3 aliphatic heterocycles. The summed E-state index contributed by atoms with van der Waals surface area (Å²) < 4.78 is 2.06. The lowest BCUT2D eigenvalue weighted by molar-refractivity contribution is -0.136. The molecule has 0 saturated carbocycles. The monoisotopic (exact) mass is 540 g/mol. The summed E-state index contributed by atoms with van der Waals surface area (Å²) in [6.45, 7) is 4.00. The van der Waals surface area contributed by atoms with E-state index in [2.05, 4.69) is 56.5 Å². The first-order valence-corrected chi connectivity index (χ1v) is 13.9. The molecule has 206 valence electrons. The van der Waals surface area contributed by atoms with Crippen molar-refractivity contribution < 1.29 is 19.2 Å². The summed E-state index contributed by atoms with van der Waals surface area (Å²) in [5, 5.41) is 10.1. The van der Waals surface area contributed by atoms with E-state index in [0.29, 0.717) is 11.7 Å². The van der Waals surface area contributed by atoms with Gasteiger partial charge in [0.15, 0.2) is 0 Å². The predicted molar refractivity (Wildman–Crippen MR) is 149 cm³/mol. The van der Waals surface area contributed by atoms with Crippen molar-refractivity contribution in [2.24, 2.45) is 0 Å². The Labute approximate surface area is 232 Å². The van der Waals surface area contributed by atoms with Gasteiger partial charge in [-0.25, -0.2) is 0 Å². The Morgan fingerprint density at radius 3 is 2.42 bits per heavy atom. The molecule has 2 unspecified atom stereocenters. The molecule has 4 amide bonds. The lowest BCUT2D eigenvalue weighted by Crippen LogP contribution is -2.54. The number of anilines is 2. The van der Waals surface area contributed by atoms with E-state index in [1.807, 2.05) is 18.5 Å². The molecule has 0 aliphatic carbocycles. The number of carbonyl (C=O) groups excluding carboxylic acids is 4. The van der Waals surface area contributed by atoms with Crippen molar-refractivity contribution in [3.63, 3.8) is 0 Å². The molecule has 0 radical (unpaired) electrons. The van der Waals surface area contributed by atoms with Crippen LogP contribution in [0.2, 0.25) is 0 Å². The van der Waals surface area contributed by atoms with Crippen LogP contribution in [0, 0.1) is 0 Å². The molecule has 2 fully saturated rings. The molecule has 6 rings (SSSR count). The van der Waals surface area contributed by atoms with Crippen LogP contribution >= 0.6 is 0 Å². The van der Waals surface area contributed by atoms with E-state index < -0.39 is 29.7 Å². The van der Waals surface area contributed by atoms with Crippen LogP contribution in [0.3, 0.4) is 0 Å². The van der Waals surface area contributed by atoms with Crippen molar-refractivity contribution in [1.82, 2.24) is 20.0 Å². The maximum atomic E-state index is 13.5. The minimum atomic E-state index is -0.989. The summed E-state index contributed by atoms with van der Waals surface area (Å²) in [4.78, 5) is 54.1. The van der Waals surface area contributed by atoms with Crippen LogP contribution in [0.15, 0.2) is 60.9 Å². The third-order valence-corrected chi connectivity index (χ3v) is 8.23. The van der Waals surface area contributed by atoms with Crippen molar-refractivity contribution in [3.05, 3.63) is 77.6 Å². The second-order valence-electron chi connectivity index (χ2n) is 10.6. The summed E-state index contributed by atoms with van der Waals surface area (Å²) in [5.74, 6) is -2.03. The molecular weight excluding hydrogens is 508 g/mol. The highest BCUT2D eigenvalue weighted by Gasteiger charge is 2.45. The molecule has 40 heavy (non-hydrogen) atoms. The van der Waals surface area contributed by atoms with Gasteiger partial charge in [-0.1, -0.05) is 25.1 Å². The quantitative estimate of drug-likeness (QED) is 0.439. The predicted octanol–water partition coefficient (Wildman–Crippen LogP) is 3.69. The maximum Gasteiger partial charge on any atom is 0.264 e. The summed E-state index contributed by atoms with van der Waals surface area (Å²) >= 11 is 0. The average Bonchev–Trinajstić information content (AvgIpc) is 3.60. The zero-order valence-electron chi connectivity index (χ0n) is 22.4. The molecule has 4 heterocycles. The fourth-order valence-corrected chi connectivity index (χ4v) is 6.05. The van der Waals surface area contributed by atoms with Gasteiger partial charge in [-0.05, 0) is 61.6 Å². The Morgan fingerprint density at radius 2 is 1.75 bits per heavy atom. The molecule has 1 aromatic heterocycles. The number of piperidine rings is 2. The molecule has 3 aliphatic rings. The number of hydrogen-bond acceptors (Lipinski definition) is 7. The Kier molecular flexibility index (Phi) is 6.83. The van der Waals surface area contributed by atoms with Crippen LogP contribution in [0.1, 0.15) is 77.4 Å². The second-order valence-corrected chi connectivity index (χ2v) is 10.6. The third-order valence-electron chi connectivity index (χ3n) is 8.23. The minimum absolute atomic E-state index is 0.0846. The Balaban J connectivity index is 1.16. The fourth-order valence-electron chi connectivity index (χ4n) is 6.05. The van der Waals surface area contributed by atoms with E-state index in [9.17, 15) is 19.2 Å². The summed E-state index contributed by atoms with van der Waals surface area (Å²) in [6, 6.07) is 15.0. The summed E-state index contributed by atoms with van der Waals surface area (Å²) in [7, 11) is 0. The number of fused-ring (bicyclic) bond motifs is 1. The van der Waals surface area contributed by atoms with Crippen LogP contribution in [0.4, 0.5) is 11.4 Å². The number of amides is 4. The van der Waals surface area contributed by atoms with Crippen LogP contribution in [0.5, 0.6) is 0 Å². The summed E-state index contributed by atoms with van der Waals surface area (Å²) in [6.07, 6.45) is 6.93. The van der Waals surface area contributed by atoms with Gasteiger partial charge in [0.25, 0.3) is 11.8 Å². The van der Waals surface area contributed by atoms with Crippen LogP contribution in [0.25, 0.3) is 0 Å². The first-order valence-electron chi connectivity index (χ1n) is 13.9. The SMILES string of the molecule is CCC(Nc1cccc2c1C(=O)N(C1CCC(=O)NC1=O)C2=O)c1ccc(N2CCC(n3cccn3)CC2)cc1. The van der Waals surface area contributed by atoms with Gasteiger partial charge < -0.3 is 10.2 Å². The number of nitrogens with one attached hydrogen (secondary N) is 2. The average molecular weight is 541 g/mol. The van der Waals surface area contributed by atoms with Gasteiger partial charge in [0.2, 0.25) is 11.8 Å². The molecule has 2 saturated heterocycles. The maximum absolute atomic E-state index is 13.5. The standard InChI is InChI=1S/C30H32N6O4/c1-2-23(19-7-9-20(10-8-19)34-17-13-21(14-18-34)35-16-4-15-31-35)32-24-6-3-5-22-27(24)30(40)36(29(22)39)25-11-12-26(37)33-28(25)38/h3-10,15-16,21,23,25,32H,2,11-14,17-18H2,1H3,(H,33,37,38). The smallest absolute Gasteiger partial charge is 0.264 e. The van der Waals surface area contributed by atoms with Gasteiger partial charge in [0, 0.05) is 43.3 Å². The lowest BCUT2D eigenvalue weighted by Gasteiger charge is -2.34. The van der Waals surface area contributed by atoms with E-state index in [-0.39, 0.29) is 30.0 Å². The minimum Gasteiger partial charge on any atom is -0.378 e. The van der Waals surface area contributed by atoms with Crippen molar-refractivity contribution in [3.8, 4) is 0 Å². The van der Waals surface area contributed by atoms with Crippen molar-refractivity contribution >= 4 is 35.0 Å². The Bertz CT molecular complexity index is 1440. The first-order chi connectivity index (χ1) is 19.4. The fraction of sp³-hybridized carbons (Fsp3) is 0.367. The molecule has 2 aromatic carbocycles. The van der Waals surface area contributed by atoms with Gasteiger partial charge in [-0.3, -0.25) is 34.1 Å². The molecule has 3 aromatic rings. The Morgan fingerprint density at radius 1 is 0.975 bits per heavy atom. The lowest BCUT2D eigenvalue weighted by atomic mass is 10.0. The zero-order chi connectivity index (χ0) is 27.8. The molecule has 0 bridgehead atoms. The number of hydrogen-bond donors (Lipinski definition) is 2. The number of benzene rings is 2.